The summed E-state index contributed by atoms with van der Waals surface area (Å²) in [6, 6.07) is 5.36. The Labute approximate surface area is 103 Å². The highest BCUT2D eigenvalue weighted by Crippen LogP contribution is 2.26. The average molecular weight is 282 g/mol. The number of carbonyl (C=O) groups excluding carboxylic acids is 1. The van der Waals surface area contributed by atoms with Gasteiger partial charge in [-0.1, -0.05) is 6.92 Å². The van der Waals surface area contributed by atoms with Gasteiger partial charge in [0.15, 0.2) is 0 Å². The number of carbonyl (C=O) groups is 1. The molecule has 0 spiro atoms. The predicted octanol–water partition coefficient (Wildman–Crippen LogP) is 3.06. The monoisotopic (exact) mass is 281 g/mol. The van der Waals surface area contributed by atoms with Crippen molar-refractivity contribution < 1.29 is 9.53 Å². The molecule has 0 saturated heterocycles. The van der Waals surface area contributed by atoms with Crippen LogP contribution in [0.15, 0.2) is 16.6 Å². The van der Waals surface area contributed by atoms with E-state index in [0.717, 1.165) is 5.56 Å². The van der Waals surface area contributed by atoms with E-state index in [2.05, 4.69) is 22.0 Å². The van der Waals surface area contributed by atoms with Gasteiger partial charge in [-0.3, -0.25) is 0 Å². The summed E-state index contributed by atoms with van der Waals surface area (Å²) in [7, 11) is 0. The smallest absolute Gasteiger partial charge is 0.339 e. The summed E-state index contributed by atoms with van der Waals surface area (Å²) >= 11 is 3.35. The highest BCUT2D eigenvalue weighted by molar-refractivity contribution is 9.10. The standard InChI is InChI=1S/C12H12BrNO2/c1-3-9-8(7-14)5-6-10(11(9)13)12(15)16-4-2/h5-6H,3-4H2,1-2H3. The molecule has 1 aromatic rings. The normalized spacial score (nSPS) is 9.62. The molecule has 0 aliphatic heterocycles. The second kappa shape index (κ2) is 5.66. The molecule has 0 N–H and O–H groups in total. The maximum Gasteiger partial charge on any atom is 0.339 e. The van der Waals surface area contributed by atoms with Gasteiger partial charge in [0.1, 0.15) is 0 Å². The third-order valence-electron chi connectivity index (χ3n) is 2.21. The summed E-state index contributed by atoms with van der Waals surface area (Å²) in [5, 5.41) is 8.92. The SMILES string of the molecule is CCOC(=O)c1ccc(C#N)c(CC)c1Br. The summed E-state index contributed by atoms with van der Waals surface area (Å²) in [6.45, 7) is 4.04. The van der Waals surface area contributed by atoms with Crippen molar-refractivity contribution in [1.82, 2.24) is 0 Å². The minimum absolute atomic E-state index is 0.340. The van der Waals surface area contributed by atoms with Gasteiger partial charge >= 0.3 is 5.97 Å². The Morgan fingerprint density at radius 1 is 1.50 bits per heavy atom. The Morgan fingerprint density at radius 3 is 2.69 bits per heavy atom. The number of esters is 1. The fourth-order valence-electron chi connectivity index (χ4n) is 1.44. The van der Waals surface area contributed by atoms with Gasteiger partial charge in [0.25, 0.3) is 0 Å². The van der Waals surface area contributed by atoms with Crippen LogP contribution in [0.5, 0.6) is 0 Å². The van der Waals surface area contributed by atoms with Gasteiger partial charge < -0.3 is 4.74 Å². The lowest BCUT2D eigenvalue weighted by molar-refractivity contribution is 0.0525. The largest absolute Gasteiger partial charge is 0.462 e. The van der Waals surface area contributed by atoms with Gasteiger partial charge in [0.2, 0.25) is 0 Å². The molecule has 0 heterocycles. The third-order valence-corrected chi connectivity index (χ3v) is 3.12. The van der Waals surface area contributed by atoms with Gasteiger partial charge in [-0.15, -0.1) is 0 Å². The van der Waals surface area contributed by atoms with Crippen molar-refractivity contribution in [1.29, 1.82) is 5.26 Å². The molecule has 0 amide bonds. The van der Waals surface area contributed by atoms with E-state index in [1.807, 2.05) is 6.92 Å². The fraction of sp³-hybridized carbons (Fsp3) is 0.333. The Kier molecular flexibility index (Phi) is 4.51. The van der Waals surface area contributed by atoms with Crippen LogP contribution in [-0.2, 0) is 11.2 Å². The Bertz CT molecular complexity index is 449. The Hall–Kier alpha value is -1.34. The second-order valence-corrected chi connectivity index (χ2v) is 3.93. The number of hydrogen-bond donors (Lipinski definition) is 0. The van der Waals surface area contributed by atoms with Crippen LogP contribution in [0.2, 0.25) is 0 Å². The predicted molar refractivity (Wildman–Crippen MR) is 64.2 cm³/mol. The lowest BCUT2D eigenvalue weighted by Crippen LogP contribution is -2.07. The summed E-state index contributed by atoms with van der Waals surface area (Å²) < 4.78 is 5.59. The van der Waals surface area contributed by atoms with Gasteiger partial charge in [-0.05, 0) is 47.0 Å². The van der Waals surface area contributed by atoms with Crippen molar-refractivity contribution in [2.75, 3.05) is 6.61 Å². The summed E-state index contributed by atoms with van der Waals surface area (Å²) in [4.78, 5) is 11.6. The number of ether oxygens (including phenoxy) is 1. The Balaban J connectivity index is 3.25. The molecule has 0 aliphatic rings. The van der Waals surface area contributed by atoms with Crippen molar-refractivity contribution in [3.8, 4) is 6.07 Å². The molecule has 0 unspecified atom stereocenters. The van der Waals surface area contributed by atoms with Crippen molar-refractivity contribution in [3.63, 3.8) is 0 Å². The van der Waals surface area contributed by atoms with Crippen LogP contribution in [0.3, 0.4) is 0 Å². The van der Waals surface area contributed by atoms with E-state index in [9.17, 15) is 4.79 Å². The van der Waals surface area contributed by atoms with E-state index >= 15 is 0 Å². The van der Waals surface area contributed by atoms with E-state index < -0.39 is 0 Å². The minimum Gasteiger partial charge on any atom is -0.462 e. The first kappa shape index (κ1) is 12.7. The van der Waals surface area contributed by atoms with Crippen LogP contribution in [0.4, 0.5) is 0 Å². The van der Waals surface area contributed by atoms with E-state index in [-0.39, 0.29) is 5.97 Å². The van der Waals surface area contributed by atoms with Crippen LogP contribution in [0.25, 0.3) is 0 Å². The highest BCUT2D eigenvalue weighted by Gasteiger charge is 2.15. The van der Waals surface area contributed by atoms with Gasteiger partial charge in [-0.25, -0.2) is 4.79 Å². The van der Waals surface area contributed by atoms with E-state index in [1.54, 1.807) is 19.1 Å². The first-order chi connectivity index (χ1) is 7.65. The molecule has 1 rings (SSSR count). The maximum atomic E-state index is 11.6. The van der Waals surface area contributed by atoms with Crippen LogP contribution in [0.1, 0.15) is 35.3 Å². The van der Waals surface area contributed by atoms with E-state index in [1.165, 1.54) is 0 Å². The summed E-state index contributed by atoms with van der Waals surface area (Å²) in [5.74, 6) is -0.367. The van der Waals surface area contributed by atoms with Crippen LogP contribution < -0.4 is 0 Å². The van der Waals surface area contributed by atoms with E-state index in [4.69, 9.17) is 10.00 Å². The van der Waals surface area contributed by atoms with Crippen molar-refractivity contribution in [2.45, 2.75) is 20.3 Å². The second-order valence-electron chi connectivity index (χ2n) is 3.14. The zero-order valence-electron chi connectivity index (χ0n) is 9.21. The molecule has 0 saturated carbocycles. The number of nitrogens with zero attached hydrogens (tertiary/aromatic N) is 1. The number of nitriles is 1. The lowest BCUT2D eigenvalue weighted by atomic mass is 10.0. The third kappa shape index (κ3) is 2.42. The fourth-order valence-corrected chi connectivity index (χ4v) is 2.23. The molecular weight excluding hydrogens is 270 g/mol. The highest BCUT2D eigenvalue weighted by atomic mass is 79.9. The number of benzene rings is 1. The van der Waals surface area contributed by atoms with E-state index in [0.29, 0.717) is 28.6 Å². The zero-order chi connectivity index (χ0) is 12.1. The number of rotatable bonds is 3. The topological polar surface area (TPSA) is 50.1 Å². The van der Waals surface area contributed by atoms with Gasteiger partial charge in [-0.2, -0.15) is 5.26 Å². The first-order valence-electron chi connectivity index (χ1n) is 5.04. The average Bonchev–Trinajstić information content (AvgIpc) is 2.28. The first-order valence-corrected chi connectivity index (χ1v) is 5.83. The summed E-state index contributed by atoms with van der Waals surface area (Å²) in [6.07, 6.45) is 0.691. The minimum atomic E-state index is -0.367. The lowest BCUT2D eigenvalue weighted by Gasteiger charge is -2.09. The summed E-state index contributed by atoms with van der Waals surface area (Å²) in [5.41, 5.74) is 1.90. The van der Waals surface area contributed by atoms with Gasteiger partial charge in [0, 0.05) is 4.47 Å². The molecule has 0 fully saturated rings. The molecule has 0 bridgehead atoms. The maximum absolute atomic E-state index is 11.6. The molecule has 84 valence electrons. The Morgan fingerprint density at radius 2 is 2.19 bits per heavy atom. The van der Waals surface area contributed by atoms with Crippen molar-refractivity contribution >= 4 is 21.9 Å². The molecule has 0 radical (unpaired) electrons. The van der Waals surface area contributed by atoms with Crippen molar-refractivity contribution in [2.24, 2.45) is 0 Å². The molecule has 0 aliphatic carbocycles. The van der Waals surface area contributed by atoms with Gasteiger partial charge in [0.05, 0.1) is 23.8 Å². The molecule has 16 heavy (non-hydrogen) atoms. The molecule has 0 atom stereocenters. The molecule has 1 aromatic carbocycles. The van der Waals surface area contributed by atoms with Crippen LogP contribution in [-0.4, -0.2) is 12.6 Å². The van der Waals surface area contributed by atoms with Crippen LogP contribution in [0, 0.1) is 11.3 Å². The van der Waals surface area contributed by atoms with Crippen LogP contribution >= 0.6 is 15.9 Å². The molecule has 0 aromatic heterocycles. The molecule has 4 heteroatoms. The quantitative estimate of drug-likeness (QED) is 0.800. The molecular formula is C12H12BrNO2. The number of halogens is 1. The number of hydrogen-bond acceptors (Lipinski definition) is 3. The molecule has 3 nitrogen and oxygen atoms in total. The zero-order valence-corrected chi connectivity index (χ0v) is 10.8. The van der Waals surface area contributed by atoms with Crippen molar-refractivity contribution in [3.05, 3.63) is 33.3 Å².